The summed E-state index contributed by atoms with van der Waals surface area (Å²) in [6.45, 7) is 4.68. The molecule has 0 heterocycles. The summed E-state index contributed by atoms with van der Waals surface area (Å²) in [5, 5.41) is 0. The molecule has 1 rings (SSSR count). The van der Waals surface area contributed by atoms with Gasteiger partial charge in [-0.2, -0.15) is 0 Å². The van der Waals surface area contributed by atoms with Crippen molar-refractivity contribution in [1.82, 2.24) is 0 Å². The Kier molecular flexibility index (Phi) is 5.98. The van der Waals surface area contributed by atoms with Crippen LogP contribution in [0.2, 0.25) is 0 Å². The topological polar surface area (TPSA) is 0 Å². The molecular formula is C14H26. The van der Waals surface area contributed by atoms with E-state index in [1.165, 1.54) is 51.4 Å². The van der Waals surface area contributed by atoms with Gasteiger partial charge in [-0.25, -0.2) is 0 Å². The molecule has 14 heavy (non-hydrogen) atoms. The van der Waals surface area contributed by atoms with Crippen LogP contribution in [0.25, 0.3) is 0 Å². The van der Waals surface area contributed by atoms with Gasteiger partial charge in [0.1, 0.15) is 0 Å². The van der Waals surface area contributed by atoms with Gasteiger partial charge in [0.25, 0.3) is 0 Å². The molecule has 0 radical (unpaired) electrons. The van der Waals surface area contributed by atoms with Gasteiger partial charge in [0, 0.05) is 0 Å². The molecule has 82 valence electrons. The number of hydrogen-bond acceptors (Lipinski definition) is 0. The van der Waals surface area contributed by atoms with Gasteiger partial charge in [0.15, 0.2) is 0 Å². The Morgan fingerprint density at radius 3 is 2.64 bits per heavy atom. The van der Waals surface area contributed by atoms with Crippen molar-refractivity contribution in [3.8, 4) is 0 Å². The van der Waals surface area contributed by atoms with Gasteiger partial charge in [0.2, 0.25) is 0 Å². The van der Waals surface area contributed by atoms with Crippen molar-refractivity contribution in [3.63, 3.8) is 0 Å². The lowest BCUT2D eigenvalue weighted by Gasteiger charge is -2.08. The summed E-state index contributed by atoms with van der Waals surface area (Å²) >= 11 is 0. The Bertz CT molecular complexity index is 157. The Hall–Kier alpha value is -0.260. The zero-order valence-corrected chi connectivity index (χ0v) is 9.97. The van der Waals surface area contributed by atoms with Gasteiger partial charge < -0.3 is 0 Å². The van der Waals surface area contributed by atoms with E-state index in [1.807, 2.05) is 0 Å². The molecule has 0 saturated heterocycles. The van der Waals surface area contributed by atoms with Gasteiger partial charge in [-0.3, -0.25) is 0 Å². The zero-order chi connectivity index (χ0) is 10.2. The third-order valence-corrected chi connectivity index (χ3v) is 3.54. The quantitative estimate of drug-likeness (QED) is 0.414. The molecule has 0 aliphatic heterocycles. The normalized spacial score (nSPS) is 27.6. The molecule has 1 aliphatic rings. The van der Waals surface area contributed by atoms with Crippen LogP contribution in [0.3, 0.4) is 0 Å². The molecule has 0 aromatic rings. The molecule has 1 saturated carbocycles. The Morgan fingerprint density at radius 2 is 2.00 bits per heavy atom. The predicted molar refractivity (Wildman–Crippen MR) is 64.4 cm³/mol. The second-order valence-electron chi connectivity index (χ2n) is 4.85. The zero-order valence-electron chi connectivity index (χ0n) is 9.97. The summed E-state index contributed by atoms with van der Waals surface area (Å²) < 4.78 is 0. The second kappa shape index (κ2) is 7.09. The van der Waals surface area contributed by atoms with Crippen molar-refractivity contribution in [3.05, 3.63) is 12.2 Å². The van der Waals surface area contributed by atoms with Crippen molar-refractivity contribution in [2.24, 2.45) is 11.8 Å². The van der Waals surface area contributed by atoms with Crippen molar-refractivity contribution in [1.29, 1.82) is 0 Å². The van der Waals surface area contributed by atoms with Crippen LogP contribution in [-0.4, -0.2) is 0 Å². The molecular weight excluding hydrogens is 168 g/mol. The summed E-state index contributed by atoms with van der Waals surface area (Å²) in [5.74, 6) is 1.85. The smallest absolute Gasteiger partial charge is 0.0208 e. The van der Waals surface area contributed by atoms with Crippen LogP contribution < -0.4 is 0 Å². The molecule has 0 nitrogen and oxygen atoms in total. The molecule has 0 bridgehead atoms. The summed E-state index contributed by atoms with van der Waals surface area (Å²) in [5.41, 5.74) is 0. The van der Waals surface area contributed by atoms with Crippen LogP contribution in [0.5, 0.6) is 0 Å². The molecule has 2 unspecified atom stereocenters. The SMILES string of the molecule is CCCCCC/C=C/C1CCCC1C. The molecule has 1 fully saturated rings. The summed E-state index contributed by atoms with van der Waals surface area (Å²) in [6, 6.07) is 0. The highest BCUT2D eigenvalue weighted by Crippen LogP contribution is 2.32. The van der Waals surface area contributed by atoms with Crippen LogP contribution in [0.15, 0.2) is 12.2 Å². The van der Waals surface area contributed by atoms with Crippen LogP contribution in [0, 0.1) is 11.8 Å². The van der Waals surface area contributed by atoms with Crippen molar-refractivity contribution < 1.29 is 0 Å². The fraction of sp³-hybridized carbons (Fsp3) is 0.857. The average molecular weight is 194 g/mol. The minimum atomic E-state index is 0.904. The largest absolute Gasteiger partial charge is 0.0882 e. The maximum absolute atomic E-state index is 2.49. The Labute approximate surface area is 89.8 Å². The molecule has 0 spiro atoms. The highest BCUT2D eigenvalue weighted by Gasteiger charge is 2.19. The van der Waals surface area contributed by atoms with E-state index in [1.54, 1.807) is 0 Å². The van der Waals surface area contributed by atoms with Gasteiger partial charge in [-0.05, 0) is 31.1 Å². The van der Waals surface area contributed by atoms with Crippen molar-refractivity contribution in [2.75, 3.05) is 0 Å². The third kappa shape index (κ3) is 4.30. The van der Waals surface area contributed by atoms with Crippen molar-refractivity contribution in [2.45, 2.75) is 65.2 Å². The molecule has 2 atom stereocenters. The van der Waals surface area contributed by atoms with E-state index in [9.17, 15) is 0 Å². The molecule has 1 aliphatic carbocycles. The number of unbranched alkanes of at least 4 members (excludes halogenated alkanes) is 4. The van der Waals surface area contributed by atoms with Gasteiger partial charge in [0.05, 0.1) is 0 Å². The van der Waals surface area contributed by atoms with E-state index in [4.69, 9.17) is 0 Å². The standard InChI is InChI=1S/C14H26/c1-3-4-5-6-7-8-11-14-12-9-10-13(14)2/h8,11,13-14H,3-7,9-10,12H2,1-2H3/b11-8+. The summed E-state index contributed by atoms with van der Waals surface area (Å²) in [4.78, 5) is 0. The molecule has 0 heteroatoms. The van der Waals surface area contributed by atoms with Crippen LogP contribution in [-0.2, 0) is 0 Å². The fourth-order valence-corrected chi connectivity index (χ4v) is 2.42. The first kappa shape index (κ1) is 11.8. The first-order chi connectivity index (χ1) is 6.84. The van der Waals surface area contributed by atoms with Gasteiger partial charge in [-0.1, -0.05) is 58.1 Å². The van der Waals surface area contributed by atoms with Crippen LogP contribution >= 0.6 is 0 Å². The second-order valence-corrected chi connectivity index (χ2v) is 4.85. The molecule has 0 amide bonds. The highest BCUT2D eigenvalue weighted by atomic mass is 14.2. The lowest BCUT2D eigenvalue weighted by molar-refractivity contribution is 0.502. The van der Waals surface area contributed by atoms with Crippen molar-refractivity contribution >= 4 is 0 Å². The Morgan fingerprint density at radius 1 is 1.14 bits per heavy atom. The van der Waals surface area contributed by atoms with E-state index in [0.29, 0.717) is 0 Å². The van der Waals surface area contributed by atoms with E-state index >= 15 is 0 Å². The van der Waals surface area contributed by atoms with E-state index in [-0.39, 0.29) is 0 Å². The lowest BCUT2D eigenvalue weighted by atomic mass is 9.97. The first-order valence-corrected chi connectivity index (χ1v) is 6.51. The van der Waals surface area contributed by atoms with Gasteiger partial charge in [-0.15, -0.1) is 0 Å². The summed E-state index contributed by atoms with van der Waals surface area (Å²) in [7, 11) is 0. The third-order valence-electron chi connectivity index (χ3n) is 3.54. The molecule has 0 N–H and O–H groups in total. The van der Waals surface area contributed by atoms with Gasteiger partial charge >= 0.3 is 0 Å². The summed E-state index contributed by atoms with van der Waals surface area (Å²) in [6.07, 6.45) is 16.1. The number of hydrogen-bond donors (Lipinski definition) is 0. The van der Waals surface area contributed by atoms with E-state index in [2.05, 4.69) is 26.0 Å². The fourth-order valence-electron chi connectivity index (χ4n) is 2.42. The monoisotopic (exact) mass is 194 g/mol. The lowest BCUT2D eigenvalue weighted by Crippen LogP contribution is -1.98. The first-order valence-electron chi connectivity index (χ1n) is 6.51. The Balaban J connectivity index is 2.02. The minimum absolute atomic E-state index is 0.904. The number of rotatable bonds is 6. The predicted octanol–water partition coefficient (Wildman–Crippen LogP) is 4.95. The highest BCUT2D eigenvalue weighted by molar-refractivity contribution is 4.93. The van der Waals surface area contributed by atoms with Crippen LogP contribution in [0.4, 0.5) is 0 Å². The number of allylic oxidation sites excluding steroid dienone is 2. The average Bonchev–Trinajstić information content (AvgIpc) is 2.58. The maximum Gasteiger partial charge on any atom is -0.0208 e. The maximum atomic E-state index is 2.49. The minimum Gasteiger partial charge on any atom is -0.0882 e. The molecule has 0 aromatic carbocycles. The van der Waals surface area contributed by atoms with Crippen LogP contribution in [0.1, 0.15) is 65.2 Å². The van der Waals surface area contributed by atoms with E-state index in [0.717, 1.165) is 11.8 Å². The van der Waals surface area contributed by atoms with E-state index < -0.39 is 0 Å². The molecule has 0 aromatic heterocycles.